The molecule has 3 rings (SSSR count). The van der Waals surface area contributed by atoms with E-state index < -0.39 is 11.7 Å². The number of nitrogens with zero attached hydrogens (tertiary/aromatic N) is 5. The maximum absolute atomic E-state index is 12.9. The second kappa shape index (κ2) is 10.4. The second-order valence-electron chi connectivity index (χ2n) is 7.47. The van der Waals surface area contributed by atoms with Crippen molar-refractivity contribution in [3.8, 4) is 5.75 Å². The predicted molar refractivity (Wildman–Crippen MR) is 122 cm³/mol. The van der Waals surface area contributed by atoms with Crippen LogP contribution in [0.5, 0.6) is 5.75 Å². The van der Waals surface area contributed by atoms with E-state index >= 15 is 0 Å². The lowest BCUT2D eigenvalue weighted by molar-refractivity contribution is -0.137. The Labute approximate surface area is 190 Å². The lowest BCUT2D eigenvalue weighted by Crippen LogP contribution is -2.18. The van der Waals surface area contributed by atoms with Crippen molar-refractivity contribution in [2.24, 2.45) is 10.1 Å². The van der Waals surface area contributed by atoms with Gasteiger partial charge in [0.2, 0.25) is 0 Å². The van der Waals surface area contributed by atoms with Gasteiger partial charge in [0, 0.05) is 13.6 Å². The van der Waals surface area contributed by atoms with Crippen molar-refractivity contribution in [1.82, 2.24) is 14.5 Å². The van der Waals surface area contributed by atoms with E-state index in [0.29, 0.717) is 12.3 Å². The number of hydrogen-bond acceptors (Lipinski definition) is 5. The lowest BCUT2D eigenvalue weighted by Gasteiger charge is -2.12. The van der Waals surface area contributed by atoms with E-state index in [9.17, 15) is 13.2 Å². The van der Waals surface area contributed by atoms with Gasteiger partial charge in [-0.2, -0.15) is 13.2 Å². The summed E-state index contributed by atoms with van der Waals surface area (Å²) in [6.45, 7) is 5.11. The Balaban J connectivity index is 1.77. The second-order valence-corrected chi connectivity index (χ2v) is 7.47. The van der Waals surface area contributed by atoms with Gasteiger partial charge >= 0.3 is 6.18 Å². The maximum atomic E-state index is 12.9. The average molecular weight is 461 g/mol. The van der Waals surface area contributed by atoms with Gasteiger partial charge in [0.1, 0.15) is 25.2 Å². The van der Waals surface area contributed by atoms with E-state index in [1.54, 1.807) is 12.7 Å². The average Bonchev–Trinajstić information content (AvgIpc) is 3.16. The van der Waals surface area contributed by atoms with Gasteiger partial charge in [-0.25, -0.2) is 9.98 Å². The van der Waals surface area contributed by atoms with Crippen molar-refractivity contribution in [3.05, 3.63) is 53.9 Å². The fourth-order valence-electron chi connectivity index (χ4n) is 3.06. The Morgan fingerprint density at radius 3 is 2.73 bits per heavy atom. The van der Waals surface area contributed by atoms with Gasteiger partial charge in [0.15, 0.2) is 0 Å². The number of oxime groups is 1. The summed E-state index contributed by atoms with van der Waals surface area (Å²) in [6, 6.07) is 8.61. The monoisotopic (exact) mass is 461 g/mol. The van der Waals surface area contributed by atoms with Crippen molar-refractivity contribution in [3.63, 3.8) is 0 Å². The minimum absolute atomic E-state index is 0.0421. The number of fused-ring (bicyclic) bond motifs is 1. The van der Waals surface area contributed by atoms with Crippen LogP contribution in [0.1, 0.15) is 18.1 Å². The van der Waals surface area contributed by atoms with E-state index in [1.165, 1.54) is 19.2 Å². The Morgan fingerprint density at radius 1 is 1.24 bits per heavy atom. The Morgan fingerprint density at radius 2 is 2.03 bits per heavy atom. The highest BCUT2D eigenvalue weighted by Crippen LogP contribution is 2.31. The molecular formula is C23H26F3N5O2. The smallest absolute Gasteiger partial charge is 0.416 e. The molecule has 10 heteroatoms. The number of aryl methyl sites for hydroxylation is 1. The van der Waals surface area contributed by atoms with Crippen molar-refractivity contribution < 1.29 is 22.7 Å². The largest absolute Gasteiger partial charge is 0.487 e. The standard InChI is InChI=1S/C23H26F3N5O2/c1-5-30(3)14-27-20-11-21-22(9-16(20)2)31(15-28-21)12-18(29-32-4)13-33-19-8-6-7-17(10-19)23(24,25)26/h6-11,14-15H,5,12-13H2,1-4H3. The zero-order valence-corrected chi connectivity index (χ0v) is 18.9. The summed E-state index contributed by atoms with van der Waals surface area (Å²) < 4.78 is 46.2. The molecule has 0 fully saturated rings. The number of aromatic nitrogens is 2. The summed E-state index contributed by atoms with van der Waals surface area (Å²) >= 11 is 0. The number of halogens is 3. The molecule has 1 heterocycles. The van der Waals surface area contributed by atoms with E-state index in [0.717, 1.165) is 41.0 Å². The fraction of sp³-hybridized carbons (Fsp3) is 0.348. The van der Waals surface area contributed by atoms with E-state index in [1.807, 2.05) is 42.5 Å². The van der Waals surface area contributed by atoms with Gasteiger partial charge in [-0.15, -0.1) is 0 Å². The molecule has 0 N–H and O–H groups in total. The van der Waals surface area contributed by atoms with Gasteiger partial charge in [-0.3, -0.25) is 0 Å². The molecule has 0 aliphatic carbocycles. The molecule has 0 radical (unpaired) electrons. The molecule has 0 spiro atoms. The number of rotatable bonds is 9. The molecule has 1 aromatic heterocycles. The summed E-state index contributed by atoms with van der Waals surface area (Å²) in [5.74, 6) is 0.0968. The minimum Gasteiger partial charge on any atom is -0.487 e. The Hall–Kier alpha value is -3.56. The third kappa shape index (κ3) is 6.24. The van der Waals surface area contributed by atoms with Crippen LogP contribution in [0.3, 0.4) is 0 Å². The van der Waals surface area contributed by atoms with Gasteiger partial charge in [-0.1, -0.05) is 11.2 Å². The predicted octanol–water partition coefficient (Wildman–Crippen LogP) is 5.06. The van der Waals surface area contributed by atoms with Crippen LogP contribution in [0, 0.1) is 6.92 Å². The molecule has 0 aliphatic rings. The van der Waals surface area contributed by atoms with Crippen molar-refractivity contribution in [2.45, 2.75) is 26.6 Å². The first-order valence-electron chi connectivity index (χ1n) is 10.3. The van der Waals surface area contributed by atoms with Crippen LogP contribution in [-0.2, 0) is 17.6 Å². The molecule has 0 amide bonds. The van der Waals surface area contributed by atoms with Crippen molar-refractivity contribution >= 4 is 28.8 Å². The highest BCUT2D eigenvalue weighted by atomic mass is 19.4. The SMILES string of the molecule is CCN(C)C=Nc1cc2ncn(CC(COc3cccc(C(F)(F)F)c3)=NOC)c2cc1C. The highest BCUT2D eigenvalue weighted by molar-refractivity contribution is 5.88. The maximum Gasteiger partial charge on any atom is 0.416 e. The first-order valence-corrected chi connectivity index (χ1v) is 10.3. The number of alkyl halides is 3. The summed E-state index contributed by atoms with van der Waals surface area (Å²) in [7, 11) is 3.35. The van der Waals surface area contributed by atoms with Crippen LogP contribution in [0.15, 0.2) is 52.9 Å². The molecule has 0 atom stereocenters. The van der Waals surface area contributed by atoms with Crippen LogP contribution >= 0.6 is 0 Å². The molecule has 7 nitrogen and oxygen atoms in total. The van der Waals surface area contributed by atoms with Crippen LogP contribution in [0.25, 0.3) is 11.0 Å². The minimum atomic E-state index is -4.44. The molecule has 33 heavy (non-hydrogen) atoms. The highest BCUT2D eigenvalue weighted by Gasteiger charge is 2.30. The van der Waals surface area contributed by atoms with Gasteiger partial charge in [-0.05, 0) is 49.7 Å². The lowest BCUT2D eigenvalue weighted by atomic mass is 10.2. The number of ether oxygens (including phenoxy) is 1. The van der Waals surface area contributed by atoms with Gasteiger partial charge in [0.05, 0.1) is 41.5 Å². The molecule has 3 aromatic rings. The third-order valence-electron chi connectivity index (χ3n) is 4.97. The zero-order chi connectivity index (χ0) is 24.0. The molecule has 0 bridgehead atoms. The number of hydrogen-bond donors (Lipinski definition) is 0. The zero-order valence-electron chi connectivity index (χ0n) is 18.9. The van der Waals surface area contributed by atoms with Gasteiger partial charge in [0.25, 0.3) is 0 Å². The fourth-order valence-corrected chi connectivity index (χ4v) is 3.06. The summed E-state index contributed by atoms with van der Waals surface area (Å²) in [5.41, 5.74) is 3.16. The normalized spacial score (nSPS) is 12.5. The molecule has 0 saturated heterocycles. The van der Waals surface area contributed by atoms with Crippen LogP contribution in [-0.4, -0.2) is 53.8 Å². The van der Waals surface area contributed by atoms with Crippen LogP contribution in [0.2, 0.25) is 0 Å². The Kier molecular flexibility index (Phi) is 7.57. The summed E-state index contributed by atoms with van der Waals surface area (Å²) in [6.07, 6.45) is -0.990. The molecule has 0 unspecified atom stereocenters. The van der Waals surface area contributed by atoms with Crippen molar-refractivity contribution in [1.29, 1.82) is 0 Å². The van der Waals surface area contributed by atoms with E-state index in [2.05, 4.69) is 15.1 Å². The Bertz CT molecular complexity index is 1150. The molecular weight excluding hydrogens is 435 g/mol. The number of aliphatic imine (C=N–C) groups is 1. The van der Waals surface area contributed by atoms with Crippen molar-refractivity contribution in [2.75, 3.05) is 27.3 Å². The number of benzene rings is 2. The summed E-state index contributed by atoms with van der Waals surface area (Å²) in [4.78, 5) is 15.9. The topological polar surface area (TPSA) is 64.2 Å². The van der Waals surface area contributed by atoms with E-state index in [-0.39, 0.29) is 12.4 Å². The van der Waals surface area contributed by atoms with Gasteiger partial charge < -0.3 is 19.0 Å². The van der Waals surface area contributed by atoms with Crippen LogP contribution in [0.4, 0.5) is 18.9 Å². The number of imidazole rings is 1. The summed E-state index contributed by atoms with van der Waals surface area (Å²) in [5, 5.41) is 3.98. The molecule has 176 valence electrons. The van der Waals surface area contributed by atoms with E-state index in [4.69, 9.17) is 9.57 Å². The molecule has 0 aliphatic heterocycles. The third-order valence-corrected chi connectivity index (χ3v) is 4.97. The molecule has 0 saturated carbocycles. The van der Waals surface area contributed by atoms with Crippen LogP contribution < -0.4 is 4.74 Å². The quantitative estimate of drug-likeness (QED) is 0.254. The molecule has 2 aromatic carbocycles. The first kappa shape index (κ1) is 24.1. The first-order chi connectivity index (χ1) is 15.7.